The molecule has 1 aliphatic rings. The Morgan fingerprint density at radius 1 is 1.06 bits per heavy atom. The summed E-state index contributed by atoms with van der Waals surface area (Å²) < 4.78 is 5.83. The van der Waals surface area contributed by atoms with E-state index >= 15 is 0 Å². The predicted octanol–water partition coefficient (Wildman–Crippen LogP) is 5.51. The molecule has 1 saturated carbocycles. The third-order valence-electron chi connectivity index (χ3n) is 6.49. The van der Waals surface area contributed by atoms with Crippen molar-refractivity contribution >= 4 is 23.4 Å². The molecule has 2 aromatic rings. The first-order chi connectivity index (χ1) is 15.8. The van der Waals surface area contributed by atoms with E-state index in [1.54, 1.807) is 11.8 Å². The maximum absolute atomic E-state index is 13.3. The first kappa shape index (κ1) is 25.1. The van der Waals surface area contributed by atoms with Crippen LogP contribution in [0.15, 0.2) is 36.4 Å². The normalized spacial score (nSPS) is 15.1. The van der Waals surface area contributed by atoms with E-state index in [0.717, 1.165) is 47.9 Å². The molecule has 0 spiro atoms. The van der Waals surface area contributed by atoms with Gasteiger partial charge in [-0.1, -0.05) is 55.1 Å². The van der Waals surface area contributed by atoms with Crippen LogP contribution < -0.4 is 10.1 Å². The molecule has 0 aliphatic heterocycles. The number of amides is 2. The lowest BCUT2D eigenvalue weighted by atomic mass is 9.95. The third kappa shape index (κ3) is 6.73. The van der Waals surface area contributed by atoms with Crippen molar-refractivity contribution in [3.8, 4) is 5.75 Å². The zero-order valence-corrected chi connectivity index (χ0v) is 20.9. The number of carbonyl (C=O) groups excluding carboxylic acids is 2. The summed E-state index contributed by atoms with van der Waals surface area (Å²) in [5.74, 6) is 0.259. The summed E-state index contributed by atoms with van der Waals surface area (Å²) in [6.45, 7) is 7.84. The van der Waals surface area contributed by atoms with Gasteiger partial charge in [0.25, 0.3) is 5.91 Å². The minimum atomic E-state index is -0.601. The molecule has 1 atom stereocenters. The molecule has 0 radical (unpaired) electrons. The van der Waals surface area contributed by atoms with Crippen molar-refractivity contribution in [1.29, 1.82) is 0 Å². The van der Waals surface area contributed by atoms with Crippen molar-refractivity contribution in [2.45, 2.75) is 78.4 Å². The minimum Gasteiger partial charge on any atom is -0.484 e. The monoisotopic (exact) mass is 470 g/mol. The number of nitrogens with zero attached hydrogens (tertiary/aromatic N) is 1. The molecule has 5 nitrogen and oxygen atoms in total. The van der Waals surface area contributed by atoms with E-state index in [2.05, 4.69) is 5.32 Å². The zero-order valence-electron chi connectivity index (χ0n) is 20.1. The maximum Gasteiger partial charge on any atom is 0.261 e. The van der Waals surface area contributed by atoms with Gasteiger partial charge in [0, 0.05) is 17.6 Å². The number of hydrogen-bond donors (Lipinski definition) is 1. The average molecular weight is 471 g/mol. The first-order valence-electron chi connectivity index (χ1n) is 11.8. The van der Waals surface area contributed by atoms with Crippen LogP contribution in [-0.2, 0) is 16.1 Å². The third-order valence-corrected chi connectivity index (χ3v) is 7.09. The van der Waals surface area contributed by atoms with E-state index in [0.29, 0.717) is 17.3 Å². The van der Waals surface area contributed by atoms with Crippen LogP contribution in [0.5, 0.6) is 5.75 Å². The van der Waals surface area contributed by atoms with Crippen LogP contribution >= 0.6 is 11.6 Å². The Balaban J connectivity index is 1.74. The molecule has 6 heteroatoms. The standard InChI is InChI=1S/C27H35ClN2O3/c1-18-10-8-9-11-22(18)16-30(21(4)27(32)29-23-12-6-5-7-13-23)25(31)17-33-24-14-19(2)26(28)20(3)15-24/h8-11,14-15,21,23H,5-7,12-13,16-17H2,1-4H3,(H,29,32). The lowest BCUT2D eigenvalue weighted by Crippen LogP contribution is -2.51. The fourth-order valence-electron chi connectivity index (χ4n) is 4.34. The summed E-state index contributed by atoms with van der Waals surface area (Å²) in [5.41, 5.74) is 3.90. The Morgan fingerprint density at radius 3 is 2.33 bits per heavy atom. The van der Waals surface area contributed by atoms with Crippen LogP contribution in [0, 0.1) is 20.8 Å². The highest BCUT2D eigenvalue weighted by Crippen LogP contribution is 2.26. The topological polar surface area (TPSA) is 58.6 Å². The number of carbonyl (C=O) groups is 2. The summed E-state index contributed by atoms with van der Waals surface area (Å²) in [6.07, 6.45) is 5.50. The summed E-state index contributed by atoms with van der Waals surface area (Å²) in [5, 5.41) is 3.86. The van der Waals surface area contributed by atoms with E-state index < -0.39 is 6.04 Å². The molecule has 1 aliphatic carbocycles. The Morgan fingerprint density at radius 2 is 1.70 bits per heavy atom. The van der Waals surface area contributed by atoms with Gasteiger partial charge < -0.3 is 15.0 Å². The van der Waals surface area contributed by atoms with Crippen LogP contribution in [0.4, 0.5) is 0 Å². The highest BCUT2D eigenvalue weighted by atomic mass is 35.5. The molecule has 3 rings (SSSR count). The highest BCUT2D eigenvalue weighted by Gasteiger charge is 2.28. The number of hydrogen-bond acceptors (Lipinski definition) is 3. The van der Waals surface area contributed by atoms with Gasteiger partial charge in [-0.15, -0.1) is 0 Å². The molecular weight excluding hydrogens is 436 g/mol. The molecule has 1 N–H and O–H groups in total. The number of aryl methyl sites for hydroxylation is 3. The number of ether oxygens (including phenoxy) is 1. The fraction of sp³-hybridized carbons (Fsp3) is 0.481. The van der Waals surface area contributed by atoms with Crippen molar-refractivity contribution < 1.29 is 14.3 Å². The molecule has 1 fully saturated rings. The number of benzene rings is 2. The molecule has 0 aromatic heterocycles. The van der Waals surface area contributed by atoms with Crippen LogP contribution in [0.1, 0.15) is 61.3 Å². The van der Waals surface area contributed by atoms with Crippen LogP contribution in [0.3, 0.4) is 0 Å². The molecule has 2 amide bonds. The van der Waals surface area contributed by atoms with Crippen molar-refractivity contribution in [3.05, 3.63) is 63.7 Å². The van der Waals surface area contributed by atoms with Gasteiger partial charge in [0.15, 0.2) is 6.61 Å². The van der Waals surface area contributed by atoms with E-state index in [1.165, 1.54) is 6.42 Å². The molecule has 0 saturated heterocycles. The lowest BCUT2D eigenvalue weighted by Gasteiger charge is -2.31. The van der Waals surface area contributed by atoms with Crippen molar-refractivity contribution in [1.82, 2.24) is 10.2 Å². The number of nitrogens with one attached hydrogen (secondary N) is 1. The van der Waals surface area contributed by atoms with Crippen molar-refractivity contribution in [2.75, 3.05) is 6.61 Å². The first-order valence-corrected chi connectivity index (χ1v) is 12.2. The molecule has 0 heterocycles. The maximum atomic E-state index is 13.3. The second kappa shape index (κ2) is 11.6. The molecule has 1 unspecified atom stereocenters. The second-order valence-corrected chi connectivity index (χ2v) is 9.51. The quantitative estimate of drug-likeness (QED) is 0.553. The molecule has 2 aromatic carbocycles. The minimum absolute atomic E-state index is 0.109. The van der Waals surface area contributed by atoms with Gasteiger partial charge in [0.05, 0.1) is 0 Å². The van der Waals surface area contributed by atoms with Crippen LogP contribution in [0.2, 0.25) is 5.02 Å². The van der Waals surface area contributed by atoms with Gasteiger partial charge in [-0.05, 0) is 74.9 Å². The van der Waals surface area contributed by atoms with E-state index in [-0.39, 0.29) is 24.5 Å². The number of rotatable bonds is 8. The molecule has 33 heavy (non-hydrogen) atoms. The van der Waals surface area contributed by atoms with Gasteiger partial charge in [-0.2, -0.15) is 0 Å². The number of halogens is 1. The Kier molecular flexibility index (Phi) is 8.79. The van der Waals surface area contributed by atoms with Crippen LogP contribution in [0.25, 0.3) is 0 Å². The predicted molar refractivity (Wildman–Crippen MR) is 133 cm³/mol. The Hall–Kier alpha value is -2.53. The highest BCUT2D eigenvalue weighted by molar-refractivity contribution is 6.32. The summed E-state index contributed by atoms with van der Waals surface area (Å²) >= 11 is 6.25. The van der Waals surface area contributed by atoms with Gasteiger partial charge in [0.1, 0.15) is 11.8 Å². The van der Waals surface area contributed by atoms with E-state index in [1.807, 2.05) is 57.2 Å². The summed E-state index contributed by atoms with van der Waals surface area (Å²) in [6, 6.07) is 11.2. The van der Waals surface area contributed by atoms with Gasteiger partial charge in [-0.25, -0.2) is 0 Å². The van der Waals surface area contributed by atoms with Crippen molar-refractivity contribution in [3.63, 3.8) is 0 Å². The Labute approximate surface area is 202 Å². The Bertz CT molecular complexity index is 962. The summed E-state index contributed by atoms with van der Waals surface area (Å²) in [4.78, 5) is 28.0. The lowest BCUT2D eigenvalue weighted by molar-refractivity contribution is -0.142. The smallest absolute Gasteiger partial charge is 0.261 e. The fourth-order valence-corrected chi connectivity index (χ4v) is 4.45. The largest absolute Gasteiger partial charge is 0.484 e. The molecular formula is C27H35ClN2O3. The van der Waals surface area contributed by atoms with Crippen LogP contribution in [-0.4, -0.2) is 35.4 Å². The zero-order chi connectivity index (χ0) is 24.0. The van der Waals surface area contributed by atoms with Gasteiger partial charge in [0.2, 0.25) is 5.91 Å². The second-order valence-electron chi connectivity index (χ2n) is 9.13. The van der Waals surface area contributed by atoms with E-state index in [9.17, 15) is 9.59 Å². The van der Waals surface area contributed by atoms with E-state index in [4.69, 9.17) is 16.3 Å². The summed E-state index contributed by atoms with van der Waals surface area (Å²) in [7, 11) is 0. The van der Waals surface area contributed by atoms with Crippen molar-refractivity contribution in [2.24, 2.45) is 0 Å². The molecule has 0 bridgehead atoms. The van der Waals surface area contributed by atoms with Gasteiger partial charge >= 0.3 is 0 Å². The van der Waals surface area contributed by atoms with Gasteiger partial charge in [-0.3, -0.25) is 9.59 Å². The molecule has 178 valence electrons. The average Bonchev–Trinajstić information content (AvgIpc) is 2.80. The SMILES string of the molecule is Cc1ccccc1CN(C(=O)COc1cc(C)c(Cl)c(C)c1)C(C)C(=O)NC1CCCCC1.